The molecule has 1 heterocycles. The first-order valence-corrected chi connectivity index (χ1v) is 7.47. The minimum Gasteiger partial charge on any atom is -0.496 e. The summed E-state index contributed by atoms with van der Waals surface area (Å²) in [6.45, 7) is 4.53. The van der Waals surface area contributed by atoms with Crippen LogP contribution in [0.5, 0.6) is 17.2 Å². The Bertz CT molecular complexity index is 416. The highest BCUT2D eigenvalue weighted by atomic mass is 16.5. The third-order valence-corrected chi connectivity index (χ3v) is 3.57. The third-order valence-electron chi connectivity index (χ3n) is 3.57. The summed E-state index contributed by atoms with van der Waals surface area (Å²) in [6.07, 6.45) is 2.07. The SMILES string of the molecule is CCCNC1CCOCC1Oc1cc(OC)cc(OC)c1. The van der Waals surface area contributed by atoms with Crippen LogP contribution in [-0.2, 0) is 4.74 Å². The van der Waals surface area contributed by atoms with Gasteiger partial charge in [-0.05, 0) is 19.4 Å². The first kappa shape index (κ1) is 15.9. The van der Waals surface area contributed by atoms with Gasteiger partial charge in [-0.1, -0.05) is 6.92 Å². The fourth-order valence-corrected chi connectivity index (χ4v) is 2.42. The minimum absolute atomic E-state index is 0.00196. The van der Waals surface area contributed by atoms with E-state index in [0.29, 0.717) is 12.6 Å². The third kappa shape index (κ3) is 4.51. The molecule has 0 radical (unpaired) electrons. The van der Waals surface area contributed by atoms with E-state index in [9.17, 15) is 0 Å². The largest absolute Gasteiger partial charge is 0.496 e. The molecule has 1 fully saturated rings. The molecule has 1 N–H and O–H groups in total. The van der Waals surface area contributed by atoms with Gasteiger partial charge in [0.25, 0.3) is 0 Å². The van der Waals surface area contributed by atoms with Crippen molar-refractivity contribution in [1.82, 2.24) is 5.32 Å². The van der Waals surface area contributed by atoms with Crippen molar-refractivity contribution in [2.24, 2.45) is 0 Å². The van der Waals surface area contributed by atoms with Crippen molar-refractivity contribution in [2.45, 2.75) is 31.9 Å². The molecule has 1 aliphatic rings. The van der Waals surface area contributed by atoms with Crippen LogP contribution in [0.25, 0.3) is 0 Å². The van der Waals surface area contributed by atoms with Gasteiger partial charge in [-0.15, -0.1) is 0 Å². The monoisotopic (exact) mass is 295 g/mol. The lowest BCUT2D eigenvalue weighted by molar-refractivity contribution is -0.0147. The van der Waals surface area contributed by atoms with Crippen LogP contribution in [0.3, 0.4) is 0 Å². The van der Waals surface area contributed by atoms with Crippen molar-refractivity contribution in [2.75, 3.05) is 34.0 Å². The molecule has 2 unspecified atom stereocenters. The number of ether oxygens (including phenoxy) is 4. The first-order valence-electron chi connectivity index (χ1n) is 7.47. The van der Waals surface area contributed by atoms with Crippen molar-refractivity contribution < 1.29 is 18.9 Å². The highest BCUT2D eigenvalue weighted by molar-refractivity contribution is 5.42. The van der Waals surface area contributed by atoms with Gasteiger partial charge in [0.05, 0.1) is 20.8 Å². The molecule has 1 aromatic rings. The number of hydrogen-bond acceptors (Lipinski definition) is 5. The van der Waals surface area contributed by atoms with Gasteiger partial charge < -0.3 is 24.3 Å². The molecular formula is C16H25NO4. The predicted molar refractivity (Wildman–Crippen MR) is 81.5 cm³/mol. The topological polar surface area (TPSA) is 49.0 Å². The summed E-state index contributed by atoms with van der Waals surface area (Å²) >= 11 is 0. The van der Waals surface area contributed by atoms with Gasteiger partial charge in [0.2, 0.25) is 0 Å². The molecule has 5 heteroatoms. The molecule has 0 amide bonds. The Hall–Kier alpha value is -1.46. The average Bonchev–Trinajstić information content (AvgIpc) is 2.53. The number of methoxy groups -OCH3 is 2. The lowest BCUT2D eigenvalue weighted by atomic mass is 10.1. The number of benzene rings is 1. The van der Waals surface area contributed by atoms with Crippen molar-refractivity contribution in [3.63, 3.8) is 0 Å². The zero-order chi connectivity index (χ0) is 15.1. The molecule has 0 aliphatic carbocycles. The highest BCUT2D eigenvalue weighted by Crippen LogP contribution is 2.29. The minimum atomic E-state index is 0.00196. The van der Waals surface area contributed by atoms with Crippen LogP contribution >= 0.6 is 0 Å². The maximum atomic E-state index is 6.10. The summed E-state index contributed by atoms with van der Waals surface area (Å²) in [5.41, 5.74) is 0. The maximum absolute atomic E-state index is 6.10. The van der Waals surface area contributed by atoms with Crippen LogP contribution < -0.4 is 19.5 Å². The van der Waals surface area contributed by atoms with Gasteiger partial charge in [0.1, 0.15) is 23.4 Å². The molecule has 1 saturated heterocycles. The molecule has 2 rings (SSSR count). The quantitative estimate of drug-likeness (QED) is 0.836. The van der Waals surface area contributed by atoms with Crippen molar-refractivity contribution >= 4 is 0 Å². The van der Waals surface area contributed by atoms with Crippen molar-refractivity contribution in [1.29, 1.82) is 0 Å². The average molecular weight is 295 g/mol. The highest BCUT2D eigenvalue weighted by Gasteiger charge is 2.27. The molecule has 0 aromatic heterocycles. The molecule has 0 spiro atoms. The van der Waals surface area contributed by atoms with Crippen LogP contribution in [0.4, 0.5) is 0 Å². The Labute approximate surface area is 126 Å². The molecule has 1 aliphatic heterocycles. The second-order valence-electron chi connectivity index (χ2n) is 5.13. The summed E-state index contributed by atoms with van der Waals surface area (Å²) in [5.74, 6) is 2.18. The van der Waals surface area contributed by atoms with E-state index in [1.54, 1.807) is 14.2 Å². The van der Waals surface area contributed by atoms with E-state index < -0.39 is 0 Å². The lowest BCUT2D eigenvalue weighted by Gasteiger charge is -2.32. The zero-order valence-electron chi connectivity index (χ0n) is 13.1. The Morgan fingerprint density at radius 2 is 1.81 bits per heavy atom. The van der Waals surface area contributed by atoms with E-state index in [4.69, 9.17) is 18.9 Å². The Kier molecular flexibility index (Phi) is 6.14. The molecule has 0 saturated carbocycles. The second kappa shape index (κ2) is 8.10. The second-order valence-corrected chi connectivity index (χ2v) is 5.13. The van der Waals surface area contributed by atoms with Crippen LogP contribution in [0.15, 0.2) is 18.2 Å². The Balaban J connectivity index is 2.07. The molecule has 1 aromatic carbocycles. The van der Waals surface area contributed by atoms with E-state index in [-0.39, 0.29) is 6.10 Å². The van der Waals surface area contributed by atoms with E-state index in [0.717, 1.165) is 43.2 Å². The van der Waals surface area contributed by atoms with Crippen molar-refractivity contribution in [3.8, 4) is 17.2 Å². The van der Waals surface area contributed by atoms with Gasteiger partial charge in [0, 0.05) is 30.8 Å². The fraction of sp³-hybridized carbons (Fsp3) is 0.625. The number of rotatable bonds is 7. The van der Waals surface area contributed by atoms with E-state index >= 15 is 0 Å². The first-order chi connectivity index (χ1) is 10.3. The van der Waals surface area contributed by atoms with Crippen LogP contribution in [0.2, 0.25) is 0 Å². The molecule has 118 valence electrons. The van der Waals surface area contributed by atoms with Crippen LogP contribution in [0, 0.1) is 0 Å². The summed E-state index contributed by atoms with van der Waals surface area (Å²) < 4.78 is 22.2. The molecule has 21 heavy (non-hydrogen) atoms. The van der Waals surface area contributed by atoms with Gasteiger partial charge in [0.15, 0.2) is 0 Å². The van der Waals surface area contributed by atoms with Gasteiger partial charge in [-0.2, -0.15) is 0 Å². The standard InChI is InChI=1S/C16H25NO4/c1-4-6-17-15-5-7-20-11-16(15)21-14-9-12(18-2)8-13(10-14)19-3/h8-10,15-17H,4-7,11H2,1-3H3. The Morgan fingerprint density at radius 3 is 2.43 bits per heavy atom. The lowest BCUT2D eigenvalue weighted by Crippen LogP contribution is -2.49. The molecule has 2 atom stereocenters. The number of hydrogen-bond donors (Lipinski definition) is 1. The smallest absolute Gasteiger partial charge is 0.137 e. The van der Waals surface area contributed by atoms with Crippen molar-refractivity contribution in [3.05, 3.63) is 18.2 Å². The molecular weight excluding hydrogens is 270 g/mol. The van der Waals surface area contributed by atoms with E-state index in [1.807, 2.05) is 18.2 Å². The predicted octanol–water partition coefficient (Wildman–Crippen LogP) is 2.24. The summed E-state index contributed by atoms with van der Waals surface area (Å²) in [7, 11) is 3.27. The van der Waals surface area contributed by atoms with E-state index in [2.05, 4.69) is 12.2 Å². The van der Waals surface area contributed by atoms with Crippen LogP contribution in [-0.4, -0.2) is 46.1 Å². The van der Waals surface area contributed by atoms with Gasteiger partial charge in [-0.3, -0.25) is 0 Å². The van der Waals surface area contributed by atoms with Gasteiger partial charge >= 0.3 is 0 Å². The summed E-state index contributed by atoms with van der Waals surface area (Å²) in [4.78, 5) is 0. The van der Waals surface area contributed by atoms with Crippen LogP contribution in [0.1, 0.15) is 19.8 Å². The molecule has 5 nitrogen and oxygen atoms in total. The number of nitrogens with one attached hydrogen (secondary N) is 1. The summed E-state index contributed by atoms with van der Waals surface area (Å²) in [5, 5.41) is 3.53. The zero-order valence-corrected chi connectivity index (χ0v) is 13.1. The maximum Gasteiger partial charge on any atom is 0.137 e. The molecule has 0 bridgehead atoms. The normalized spacial score (nSPS) is 21.9. The van der Waals surface area contributed by atoms with Gasteiger partial charge in [-0.25, -0.2) is 0 Å². The Morgan fingerprint density at radius 1 is 1.14 bits per heavy atom. The fourth-order valence-electron chi connectivity index (χ4n) is 2.42. The summed E-state index contributed by atoms with van der Waals surface area (Å²) in [6, 6.07) is 5.88. The van der Waals surface area contributed by atoms with E-state index in [1.165, 1.54) is 0 Å².